The van der Waals surface area contributed by atoms with E-state index < -0.39 is 11.3 Å². The van der Waals surface area contributed by atoms with E-state index in [0.29, 0.717) is 45.8 Å². The van der Waals surface area contributed by atoms with E-state index in [1.165, 1.54) is 12.5 Å². The summed E-state index contributed by atoms with van der Waals surface area (Å²) in [6, 6.07) is 13.9. The van der Waals surface area contributed by atoms with Crippen LogP contribution >= 0.6 is 0 Å². The molecule has 5 rings (SSSR count). The number of phenolic OH excluding ortho intramolecular Hbond substituents is 1. The smallest absolute Gasteiger partial charge is 0.344 e. The Morgan fingerprint density at radius 3 is 2.71 bits per heavy atom. The maximum absolute atomic E-state index is 12.7. The summed E-state index contributed by atoms with van der Waals surface area (Å²) >= 11 is 0. The Morgan fingerprint density at radius 2 is 1.87 bits per heavy atom. The van der Waals surface area contributed by atoms with Crippen LogP contribution in [-0.2, 0) is 6.54 Å². The van der Waals surface area contributed by atoms with Gasteiger partial charge < -0.3 is 13.9 Å². The predicted molar refractivity (Wildman–Crippen MR) is 119 cm³/mol. The van der Waals surface area contributed by atoms with Crippen molar-refractivity contribution in [3.05, 3.63) is 74.9 Å². The van der Waals surface area contributed by atoms with Gasteiger partial charge in [-0.1, -0.05) is 24.6 Å². The zero-order chi connectivity index (χ0) is 21.5. The molecule has 158 valence electrons. The zero-order valence-corrected chi connectivity index (χ0v) is 17.3. The van der Waals surface area contributed by atoms with Crippen molar-refractivity contribution in [3.63, 3.8) is 0 Å². The minimum atomic E-state index is -0.575. The number of aromatic hydroxyl groups is 1. The van der Waals surface area contributed by atoms with Gasteiger partial charge in [0.15, 0.2) is 0 Å². The Kier molecular flexibility index (Phi) is 4.87. The van der Waals surface area contributed by atoms with Crippen LogP contribution in [0.4, 0.5) is 0 Å². The molecular weight excluding hydrogens is 394 g/mol. The lowest BCUT2D eigenvalue weighted by Gasteiger charge is -2.33. The highest BCUT2D eigenvalue weighted by Crippen LogP contribution is 2.34. The average Bonchev–Trinajstić information content (AvgIpc) is 2.76. The Bertz CT molecular complexity index is 1400. The number of nitrogens with zero attached hydrogens (tertiary/aromatic N) is 1. The lowest BCUT2D eigenvalue weighted by Crippen LogP contribution is -2.36. The number of phenols is 1. The van der Waals surface area contributed by atoms with E-state index in [1.807, 2.05) is 12.1 Å². The number of benzene rings is 2. The summed E-state index contributed by atoms with van der Waals surface area (Å²) < 4.78 is 11.0. The molecule has 2 aromatic carbocycles. The second-order valence-corrected chi connectivity index (χ2v) is 8.22. The maximum Gasteiger partial charge on any atom is 0.344 e. The normalized spacial score (nSPS) is 17.4. The van der Waals surface area contributed by atoms with Crippen LogP contribution in [0.5, 0.6) is 5.75 Å². The Hall–Kier alpha value is -3.38. The highest BCUT2D eigenvalue weighted by molar-refractivity contribution is 5.97. The minimum absolute atomic E-state index is 0.0797. The van der Waals surface area contributed by atoms with E-state index in [4.69, 9.17) is 8.83 Å². The molecule has 4 aromatic rings. The highest BCUT2D eigenvalue weighted by atomic mass is 16.4. The van der Waals surface area contributed by atoms with Gasteiger partial charge in [-0.2, -0.15) is 0 Å². The van der Waals surface area contributed by atoms with Gasteiger partial charge in [-0.25, -0.2) is 9.59 Å². The molecule has 1 aliphatic heterocycles. The van der Waals surface area contributed by atoms with Crippen molar-refractivity contribution in [2.45, 2.75) is 38.8 Å². The number of rotatable bonds is 3. The van der Waals surface area contributed by atoms with Crippen LogP contribution in [0.25, 0.3) is 33.1 Å². The summed E-state index contributed by atoms with van der Waals surface area (Å²) in [6.45, 7) is 3.57. The van der Waals surface area contributed by atoms with E-state index in [0.717, 1.165) is 24.8 Å². The van der Waals surface area contributed by atoms with Gasteiger partial charge in [-0.3, -0.25) is 4.90 Å². The molecular formula is C25H23NO5. The van der Waals surface area contributed by atoms with Crippen molar-refractivity contribution < 1.29 is 13.9 Å². The first kappa shape index (κ1) is 19.6. The molecule has 1 saturated heterocycles. The van der Waals surface area contributed by atoms with Gasteiger partial charge >= 0.3 is 11.3 Å². The lowest BCUT2D eigenvalue weighted by atomic mass is 9.98. The molecule has 0 spiro atoms. The molecule has 6 heteroatoms. The SMILES string of the molecule is C[C@H]1CCCCN1Cc1c(O)ccc2c(-c3cc4ccccc4oc3=O)cc(=O)oc12. The summed E-state index contributed by atoms with van der Waals surface area (Å²) in [6.07, 6.45) is 3.39. The van der Waals surface area contributed by atoms with Crippen molar-refractivity contribution in [2.24, 2.45) is 0 Å². The number of hydrogen-bond donors (Lipinski definition) is 1. The van der Waals surface area contributed by atoms with Gasteiger partial charge in [0.05, 0.1) is 11.1 Å². The molecule has 2 aromatic heterocycles. The molecule has 1 N–H and O–H groups in total. The molecule has 1 atom stereocenters. The van der Waals surface area contributed by atoms with Gasteiger partial charge in [0.2, 0.25) is 0 Å². The third-order valence-electron chi connectivity index (χ3n) is 6.22. The van der Waals surface area contributed by atoms with Crippen LogP contribution in [0.1, 0.15) is 31.7 Å². The van der Waals surface area contributed by atoms with E-state index in [1.54, 1.807) is 30.3 Å². The fourth-order valence-corrected chi connectivity index (χ4v) is 4.49. The van der Waals surface area contributed by atoms with Crippen LogP contribution in [0, 0.1) is 0 Å². The fraction of sp³-hybridized carbons (Fsp3) is 0.280. The predicted octanol–water partition coefficient (Wildman–Crippen LogP) is 4.65. The number of likely N-dealkylation sites (tertiary alicyclic amines) is 1. The third-order valence-corrected chi connectivity index (χ3v) is 6.22. The number of hydrogen-bond acceptors (Lipinski definition) is 6. The standard InChI is InChI=1S/C25H23NO5/c1-15-6-4-5-11-26(15)14-20-21(27)10-9-17-18(13-23(28)31-24(17)20)19-12-16-7-2-3-8-22(16)30-25(19)29/h2-3,7-10,12-13,15,27H,4-6,11,14H2,1H3/t15-/m0/s1. The molecule has 0 radical (unpaired) electrons. The first-order chi connectivity index (χ1) is 15.0. The fourth-order valence-electron chi connectivity index (χ4n) is 4.49. The van der Waals surface area contributed by atoms with Gasteiger partial charge in [0.1, 0.15) is 16.9 Å². The summed E-state index contributed by atoms with van der Waals surface area (Å²) in [7, 11) is 0. The molecule has 31 heavy (non-hydrogen) atoms. The van der Waals surface area contributed by atoms with Gasteiger partial charge in [0.25, 0.3) is 0 Å². The molecule has 1 fully saturated rings. The third kappa shape index (κ3) is 3.53. The van der Waals surface area contributed by atoms with Crippen molar-refractivity contribution in [2.75, 3.05) is 6.54 Å². The topological polar surface area (TPSA) is 83.9 Å². The van der Waals surface area contributed by atoms with Crippen molar-refractivity contribution in [3.8, 4) is 16.9 Å². The van der Waals surface area contributed by atoms with Crippen LogP contribution in [-0.4, -0.2) is 22.6 Å². The van der Waals surface area contributed by atoms with Crippen molar-refractivity contribution in [1.29, 1.82) is 0 Å². The minimum Gasteiger partial charge on any atom is -0.507 e. The van der Waals surface area contributed by atoms with E-state index in [-0.39, 0.29) is 5.75 Å². The first-order valence-electron chi connectivity index (χ1n) is 10.6. The van der Waals surface area contributed by atoms with Crippen LogP contribution < -0.4 is 11.3 Å². The largest absolute Gasteiger partial charge is 0.507 e. The van der Waals surface area contributed by atoms with Gasteiger partial charge in [0, 0.05) is 35.0 Å². The summed E-state index contributed by atoms with van der Waals surface area (Å²) in [5.74, 6) is 0.0797. The van der Waals surface area contributed by atoms with Crippen LogP contribution in [0.15, 0.2) is 67.0 Å². The Morgan fingerprint density at radius 1 is 1.03 bits per heavy atom. The van der Waals surface area contributed by atoms with E-state index in [2.05, 4.69) is 11.8 Å². The van der Waals surface area contributed by atoms with Gasteiger partial charge in [-0.05, 0) is 50.6 Å². The summed E-state index contributed by atoms with van der Waals surface area (Å²) in [4.78, 5) is 27.5. The van der Waals surface area contributed by atoms with Gasteiger partial charge in [-0.15, -0.1) is 0 Å². The summed E-state index contributed by atoms with van der Waals surface area (Å²) in [5, 5.41) is 12.0. The zero-order valence-electron chi connectivity index (χ0n) is 17.3. The van der Waals surface area contributed by atoms with E-state index >= 15 is 0 Å². The number of para-hydroxylation sites is 1. The molecule has 0 bridgehead atoms. The molecule has 0 aliphatic carbocycles. The summed E-state index contributed by atoms with van der Waals surface area (Å²) in [5.41, 5.74) is 1.00. The monoisotopic (exact) mass is 417 g/mol. The number of piperidine rings is 1. The quantitative estimate of drug-likeness (QED) is 0.489. The molecule has 0 unspecified atom stereocenters. The molecule has 1 aliphatic rings. The number of fused-ring (bicyclic) bond motifs is 2. The lowest BCUT2D eigenvalue weighted by molar-refractivity contribution is 0.151. The van der Waals surface area contributed by atoms with Crippen LogP contribution in [0.2, 0.25) is 0 Å². The second kappa shape index (κ2) is 7.71. The van der Waals surface area contributed by atoms with E-state index in [9.17, 15) is 14.7 Å². The average molecular weight is 417 g/mol. The molecule has 3 heterocycles. The molecule has 6 nitrogen and oxygen atoms in total. The molecule has 0 amide bonds. The second-order valence-electron chi connectivity index (χ2n) is 8.22. The maximum atomic E-state index is 12.7. The molecule has 0 saturated carbocycles. The first-order valence-corrected chi connectivity index (χ1v) is 10.6. The van der Waals surface area contributed by atoms with Crippen LogP contribution in [0.3, 0.4) is 0 Å². The van der Waals surface area contributed by atoms with Crippen molar-refractivity contribution >= 4 is 21.9 Å². The Labute approximate surface area is 178 Å². The Balaban J connectivity index is 1.72. The van der Waals surface area contributed by atoms with Crippen molar-refractivity contribution in [1.82, 2.24) is 4.90 Å². The highest BCUT2D eigenvalue weighted by Gasteiger charge is 2.23.